The highest BCUT2D eigenvalue weighted by atomic mass is 32.1. The molecule has 0 saturated carbocycles. The zero-order chi connectivity index (χ0) is 42.8. The molecule has 0 spiro atoms. The monoisotopic (exact) mass is 836 g/mol. The molecule has 314 valence electrons. The van der Waals surface area contributed by atoms with E-state index < -0.39 is 0 Å². The first kappa shape index (κ1) is 37.5. The Kier molecular flexibility index (Phi) is 7.36. The molecule has 62 heavy (non-hydrogen) atoms. The van der Waals surface area contributed by atoms with Crippen LogP contribution in [-0.4, -0.2) is 17.6 Å². The Balaban J connectivity index is 1.61. The van der Waals surface area contributed by atoms with Crippen molar-refractivity contribution in [1.29, 1.82) is 0 Å². The van der Waals surface area contributed by atoms with E-state index in [0.29, 0.717) is 0 Å². The number of rotatable bonds is 12. The molecule has 12 aromatic heterocycles. The summed E-state index contributed by atoms with van der Waals surface area (Å²) in [5.74, 6) is 0. The van der Waals surface area contributed by atoms with Crippen molar-refractivity contribution in [2.45, 2.75) is 165 Å². The van der Waals surface area contributed by atoms with Crippen LogP contribution in [0.3, 0.4) is 0 Å². The summed E-state index contributed by atoms with van der Waals surface area (Å²) in [5, 5.41) is 0. The van der Waals surface area contributed by atoms with Crippen LogP contribution in [0.5, 0.6) is 0 Å². The number of aromatic nitrogens is 6. The molecule has 0 N–H and O–H groups in total. The fourth-order valence-electron chi connectivity index (χ4n) is 14.9. The van der Waals surface area contributed by atoms with Crippen molar-refractivity contribution in [2.24, 2.45) is 0 Å². The average molecular weight is 837 g/mol. The minimum Gasteiger partial charge on any atom is -0.693 e. The first-order valence-corrected chi connectivity index (χ1v) is 25.1. The van der Waals surface area contributed by atoms with Crippen LogP contribution in [0.1, 0.15) is 150 Å². The fraction of sp³-hybridized carbons (Fsp3) is 0.436. The minimum atomic E-state index is 0.954. The average Bonchev–Trinajstić information content (AvgIpc) is 4.11. The van der Waals surface area contributed by atoms with Crippen LogP contribution >= 0.6 is 0 Å². The molecule has 1 aromatic carbocycles. The van der Waals surface area contributed by atoms with Crippen LogP contribution in [0.15, 0.2) is 4.90 Å². The van der Waals surface area contributed by atoms with E-state index in [0.717, 1.165) is 81.9 Å². The van der Waals surface area contributed by atoms with Crippen molar-refractivity contribution >= 4 is 112 Å². The third-order valence-corrected chi connectivity index (χ3v) is 17.2. The maximum Gasteiger partial charge on any atom is 0.265 e. The van der Waals surface area contributed by atoms with Crippen LogP contribution in [-0.2, 0) is 89.7 Å². The summed E-state index contributed by atoms with van der Waals surface area (Å²) in [6.45, 7) is 28.9. The van der Waals surface area contributed by atoms with Gasteiger partial charge in [0.2, 0.25) is 22.1 Å². The van der Waals surface area contributed by atoms with Crippen molar-refractivity contribution in [2.75, 3.05) is 0 Å². The minimum absolute atomic E-state index is 0.954. The molecule has 13 aromatic rings. The van der Waals surface area contributed by atoms with Gasteiger partial charge in [-0.3, -0.25) is 17.6 Å². The molecule has 0 atom stereocenters. The number of hydrogen-bond acceptors (Lipinski definition) is 1. The standard InChI is InChI=1S/C55H60N6S/c1-13-25-27(15-3)39-41-29(17-5)31(19-7)43-45-33(21-9)35(23-11)47-55(62)48-36(24-12)34(22-10)46-44-32(20-8)30(18-6)42-40-28(16-4)26(14-2)38-37(25)56(39)49-50(57(38)40)52(59(42)44)54(61(46)48)53(60(45)47)51(49)58(41)43/h13-24H2,1-12H3/q+2. The lowest BCUT2D eigenvalue weighted by Gasteiger charge is -2.18. The lowest BCUT2D eigenvalue weighted by atomic mass is 9.99. The molecule has 7 heteroatoms. The van der Waals surface area contributed by atoms with E-state index in [1.165, 1.54) is 144 Å². The Morgan fingerprint density at radius 3 is 0.774 bits per heavy atom. The number of hydrogen-bond donors (Lipinski definition) is 0. The van der Waals surface area contributed by atoms with Gasteiger partial charge in [-0.2, -0.15) is 0 Å². The summed E-state index contributed by atoms with van der Waals surface area (Å²) in [7, 11) is 0. The van der Waals surface area contributed by atoms with E-state index in [4.69, 9.17) is 12.6 Å². The quantitative estimate of drug-likeness (QED) is 0.0396. The molecule has 12 heterocycles. The smallest absolute Gasteiger partial charge is 0.265 e. The van der Waals surface area contributed by atoms with Crippen molar-refractivity contribution in [3.05, 3.63) is 66.8 Å². The molecular formula is C55H60N6S+2. The molecule has 0 bridgehead atoms. The zero-order valence-electron chi connectivity index (χ0n) is 39.1. The van der Waals surface area contributed by atoms with Gasteiger partial charge < -0.3 is 12.6 Å². The Bertz CT molecular complexity index is 3700. The van der Waals surface area contributed by atoms with Crippen LogP contribution < -0.4 is 8.80 Å². The van der Waals surface area contributed by atoms with Crippen molar-refractivity contribution < 1.29 is 8.80 Å². The first-order chi connectivity index (χ1) is 30.3. The zero-order valence-corrected chi connectivity index (χ0v) is 39.9. The van der Waals surface area contributed by atoms with Crippen LogP contribution in [0.4, 0.5) is 0 Å². The second kappa shape index (κ2) is 12.2. The Hall–Kier alpha value is -5.01. The van der Waals surface area contributed by atoms with E-state index in [-0.39, 0.29) is 0 Å². The summed E-state index contributed by atoms with van der Waals surface area (Å²) in [4.78, 5) is 1.04. The highest BCUT2D eigenvalue weighted by Crippen LogP contribution is 2.52. The molecular weight excluding hydrogens is 777 g/mol. The van der Waals surface area contributed by atoms with Gasteiger partial charge in [0.25, 0.3) is 11.0 Å². The van der Waals surface area contributed by atoms with Crippen molar-refractivity contribution in [1.82, 2.24) is 17.6 Å². The maximum atomic E-state index is 7.13. The Morgan fingerprint density at radius 1 is 0.274 bits per heavy atom. The highest BCUT2D eigenvalue weighted by Gasteiger charge is 2.47. The van der Waals surface area contributed by atoms with Crippen molar-refractivity contribution in [3.8, 4) is 0 Å². The van der Waals surface area contributed by atoms with Gasteiger partial charge in [-0.15, -0.1) is 8.80 Å². The van der Waals surface area contributed by atoms with Gasteiger partial charge in [0.15, 0.2) is 22.1 Å². The second-order valence-corrected chi connectivity index (χ2v) is 19.0. The fourth-order valence-corrected chi connectivity index (χ4v) is 15.4. The lowest BCUT2D eigenvalue weighted by molar-refractivity contribution is -0.449. The molecule has 0 radical (unpaired) electrons. The van der Waals surface area contributed by atoms with Gasteiger partial charge in [-0.25, -0.2) is 0 Å². The summed E-state index contributed by atoms with van der Waals surface area (Å²) < 4.78 is 17.0. The summed E-state index contributed by atoms with van der Waals surface area (Å²) >= 11 is 7.13. The molecule has 0 aliphatic carbocycles. The van der Waals surface area contributed by atoms with Crippen LogP contribution in [0, 0.1) is 0 Å². The summed E-state index contributed by atoms with van der Waals surface area (Å²) in [5.41, 5.74) is 43.4. The van der Waals surface area contributed by atoms with Gasteiger partial charge in [0.1, 0.15) is 33.1 Å². The molecule has 0 aliphatic heterocycles. The lowest BCUT2D eigenvalue weighted by Crippen LogP contribution is -2.31. The molecule has 0 amide bonds. The topological polar surface area (TPSA) is 25.8 Å². The normalized spacial score (nSPS) is 13.7. The van der Waals surface area contributed by atoms with E-state index in [2.05, 4.69) is 109 Å². The van der Waals surface area contributed by atoms with Gasteiger partial charge in [0, 0.05) is 46.2 Å². The van der Waals surface area contributed by atoms with Gasteiger partial charge >= 0.3 is 0 Å². The molecule has 0 unspecified atom stereocenters. The predicted molar refractivity (Wildman–Crippen MR) is 262 cm³/mol. The van der Waals surface area contributed by atoms with Gasteiger partial charge in [-0.05, 0) is 105 Å². The number of benzene rings is 1. The predicted octanol–water partition coefficient (Wildman–Crippen LogP) is 12.1. The Labute approximate surface area is 368 Å². The van der Waals surface area contributed by atoms with E-state index in [1.54, 1.807) is 22.3 Å². The van der Waals surface area contributed by atoms with Crippen LogP contribution in [0.25, 0.3) is 99.3 Å². The van der Waals surface area contributed by atoms with E-state index in [1.807, 2.05) is 0 Å². The Morgan fingerprint density at radius 2 is 0.500 bits per heavy atom. The largest absolute Gasteiger partial charge is 0.693 e. The third kappa shape index (κ3) is 3.47. The molecule has 6 nitrogen and oxygen atoms in total. The molecule has 13 rings (SSSR count). The molecule has 0 fully saturated rings. The summed E-state index contributed by atoms with van der Waals surface area (Å²) in [6, 6.07) is 0. The molecule has 0 aliphatic rings. The van der Waals surface area contributed by atoms with Gasteiger partial charge in [-0.1, -0.05) is 69.2 Å². The van der Waals surface area contributed by atoms with E-state index in [9.17, 15) is 0 Å². The highest BCUT2D eigenvalue weighted by molar-refractivity contribution is 7.59. The number of aryl methyl sites for hydroxylation is 12. The first-order valence-electron chi connectivity index (χ1n) is 24.7. The third-order valence-electron chi connectivity index (χ3n) is 16.8. The second-order valence-electron chi connectivity index (χ2n) is 18.6. The van der Waals surface area contributed by atoms with E-state index >= 15 is 0 Å². The SMILES string of the molecule is CCc1c(CC)c2c3c(CC)c(CC)c4c5c(CC)c(CC)c6[c+]([S-])c7c(CC)c(CC)c8c9c(CC)c(CC)c%10c%11c(CC)c(CC)c%12c1n2c1c(c(c(c(c1[n+]34)n56)n87)[n+]%109)n%12%11. The van der Waals surface area contributed by atoms with Gasteiger partial charge in [0.05, 0.1) is 22.2 Å². The number of fused-ring (bicyclic) bond motifs is 5. The molecule has 0 saturated heterocycles. The van der Waals surface area contributed by atoms with Crippen molar-refractivity contribution in [3.63, 3.8) is 0 Å². The number of nitrogens with zero attached hydrogens (tertiary/aromatic N) is 6. The van der Waals surface area contributed by atoms with Crippen LogP contribution in [0.2, 0.25) is 0 Å². The summed E-state index contributed by atoms with van der Waals surface area (Å²) in [6.07, 6.45) is 11.9. The maximum absolute atomic E-state index is 7.13.